The van der Waals surface area contributed by atoms with Crippen LogP contribution in [0.4, 0.5) is 5.69 Å². The van der Waals surface area contributed by atoms with Crippen LogP contribution in [0.25, 0.3) is 0 Å². The minimum absolute atomic E-state index is 0.00691. The van der Waals surface area contributed by atoms with Crippen LogP contribution in [0.15, 0.2) is 36.4 Å². The molecule has 1 N–H and O–H groups in total. The Morgan fingerprint density at radius 3 is 2.34 bits per heavy atom. The number of likely N-dealkylation sites (N-methyl/N-ethyl adjacent to an activating group) is 1. The third-order valence-electron chi connectivity index (χ3n) is 5.37. The van der Waals surface area contributed by atoms with E-state index in [1.165, 1.54) is 12.0 Å². The molecule has 0 saturated heterocycles. The van der Waals surface area contributed by atoms with Crippen molar-refractivity contribution in [3.8, 4) is 5.75 Å². The number of carbonyl (C=O) groups is 2. The number of anilines is 1. The Labute approximate surface area is 217 Å². The zero-order valence-corrected chi connectivity index (χ0v) is 22.8. The number of methoxy groups -OCH3 is 1. The molecule has 0 heterocycles. The van der Waals surface area contributed by atoms with Gasteiger partial charge in [0.05, 0.1) is 19.1 Å². The fraction of sp³-hybridized carbons (Fsp3) is 0.417. The fourth-order valence-electron chi connectivity index (χ4n) is 3.63. The first kappa shape index (κ1) is 28.7. The summed E-state index contributed by atoms with van der Waals surface area (Å²) < 4.78 is 31.9. The van der Waals surface area contributed by atoms with Crippen LogP contribution < -0.4 is 14.4 Å². The largest absolute Gasteiger partial charge is 0.495 e. The highest BCUT2D eigenvalue weighted by Crippen LogP contribution is 2.31. The summed E-state index contributed by atoms with van der Waals surface area (Å²) in [7, 11) is -2.46. The molecule has 35 heavy (non-hydrogen) atoms. The van der Waals surface area contributed by atoms with Gasteiger partial charge in [-0.1, -0.05) is 42.3 Å². The van der Waals surface area contributed by atoms with E-state index < -0.39 is 28.5 Å². The van der Waals surface area contributed by atoms with Crippen molar-refractivity contribution in [1.82, 2.24) is 10.2 Å². The zero-order chi connectivity index (χ0) is 26.3. The van der Waals surface area contributed by atoms with Crippen LogP contribution in [0.1, 0.15) is 31.4 Å². The van der Waals surface area contributed by atoms with Crippen LogP contribution in [-0.4, -0.2) is 57.6 Å². The highest BCUT2D eigenvalue weighted by Gasteiger charge is 2.32. The molecule has 0 fully saturated rings. The third kappa shape index (κ3) is 7.49. The number of carbonyl (C=O) groups excluding carboxylic acids is 2. The maximum absolute atomic E-state index is 13.7. The van der Waals surface area contributed by atoms with Crippen LogP contribution in [0.5, 0.6) is 5.75 Å². The summed E-state index contributed by atoms with van der Waals surface area (Å²) in [4.78, 5) is 27.9. The van der Waals surface area contributed by atoms with Gasteiger partial charge >= 0.3 is 0 Å². The van der Waals surface area contributed by atoms with Gasteiger partial charge in [0.2, 0.25) is 21.8 Å². The molecule has 0 aliphatic heterocycles. The Bertz CT molecular complexity index is 1170. The average Bonchev–Trinajstić information content (AvgIpc) is 2.78. The molecular weight excluding hydrogens is 513 g/mol. The maximum Gasteiger partial charge on any atom is 0.244 e. The van der Waals surface area contributed by atoms with Gasteiger partial charge in [0.1, 0.15) is 18.3 Å². The lowest BCUT2D eigenvalue weighted by molar-refractivity contribution is -0.140. The summed E-state index contributed by atoms with van der Waals surface area (Å²) in [6.45, 7) is 5.22. The first-order valence-electron chi connectivity index (χ1n) is 11.1. The summed E-state index contributed by atoms with van der Waals surface area (Å²) in [5.41, 5.74) is 1.60. The number of hydrogen-bond donors (Lipinski definition) is 1. The van der Waals surface area contributed by atoms with Crippen molar-refractivity contribution in [2.45, 2.75) is 39.8 Å². The molecule has 0 saturated carbocycles. The average molecular weight is 545 g/mol. The summed E-state index contributed by atoms with van der Waals surface area (Å²) in [5, 5.41) is 3.51. The lowest BCUT2D eigenvalue weighted by Crippen LogP contribution is -2.52. The molecule has 192 valence electrons. The Morgan fingerprint density at radius 2 is 1.80 bits per heavy atom. The number of ether oxygens (including phenoxy) is 1. The number of hydrogen-bond acceptors (Lipinski definition) is 5. The summed E-state index contributed by atoms with van der Waals surface area (Å²) in [5.74, 6) is -0.604. The van der Waals surface area contributed by atoms with Gasteiger partial charge in [-0.2, -0.15) is 0 Å². The predicted octanol–water partition coefficient (Wildman–Crippen LogP) is 4.02. The van der Waals surface area contributed by atoms with Crippen molar-refractivity contribution in [3.63, 3.8) is 0 Å². The number of sulfonamides is 1. The number of amides is 2. The number of halogens is 2. The molecule has 0 aromatic heterocycles. The van der Waals surface area contributed by atoms with Gasteiger partial charge in [-0.3, -0.25) is 13.9 Å². The van der Waals surface area contributed by atoms with Crippen molar-refractivity contribution in [1.29, 1.82) is 0 Å². The Morgan fingerprint density at radius 1 is 1.11 bits per heavy atom. The molecule has 0 aliphatic carbocycles. The lowest BCUT2D eigenvalue weighted by Gasteiger charge is -2.33. The molecule has 2 aromatic carbocycles. The topological polar surface area (TPSA) is 96.0 Å². The van der Waals surface area contributed by atoms with E-state index in [9.17, 15) is 18.0 Å². The predicted molar refractivity (Wildman–Crippen MR) is 140 cm³/mol. The number of rotatable bonds is 11. The van der Waals surface area contributed by atoms with Gasteiger partial charge in [-0.15, -0.1) is 0 Å². The van der Waals surface area contributed by atoms with Crippen molar-refractivity contribution in [2.75, 3.05) is 30.8 Å². The van der Waals surface area contributed by atoms with Gasteiger partial charge in [0.15, 0.2) is 0 Å². The second-order valence-corrected chi connectivity index (χ2v) is 10.8. The van der Waals surface area contributed by atoms with E-state index in [-0.39, 0.29) is 18.1 Å². The molecule has 1 atom stereocenters. The standard InChI is InChI=1S/C24H31Cl2N3O5S/c1-6-20(24(31)27-7-2)28(14-17-9-10-18(25)13-19(17)26)23(30)15-29(35(5,32)33)21-12-16(3)8-11-22(21)34-4/h8-13,20H,6-7,14-15H2,1-5H3,(H,27,31)/t20-/m0/s1. The molecule has 0 bridgehead atoms. The quantitative estimate of drug-likeness (QED) is 0.461. The van der Waals surface area contributed by atoms with Crippen molar-refractivity contribution in [2.24, 2.45) is 0 Å². The molecule has 2 rings (SSSR count). The SMILES string of the molecule is CCNC(=O)[C@H](CC)N(Cc1ccc(Cl)cc1Cl)C(=O)CN(c1cc(C)ccc1OC)S(C)(=O)=O. The number of nitrogens with zero attached hydrogens (tertiary/aromatic N) is 2. The zero-order valence-electron chi connectivity index (χ0n) is 20.5. The molecule has 2 aromatic rings. The van der Waals surface area contributed by atoms with E-state index >= 15 is 0 Å². The summed E-state index contributed by atoms with van der Waals surface area (Å²) in [6, 6.07) is 9.08. The van der Waals surface area contributed by atoms with Crippen LogP contribution >= 0.6 is 23.2 Å². The molecule has 0 spiro atoms. The second-order valence-electron chi connectivity index (χ2n) is 8.02. The number of nitrogens with one attached hydrogen (secondary N) is 1. The van der Waals surface area contributed by atoms with Crippen molar-refractivity contribution < 1.29 is 22.7 Å². The highest BCUT2D eigenvalue weighted by molar-refractivity contribution is 7.92. The lowest BCUT2D eigenvalue weighted by atomic mass is 10.1. The summed E-state index contributed by atoms with van der Waals surface area (Å²) in [6.07, 6.45) is 1.33. The third-order valence-corrected chi connectivity index (χ3v) is 7.09. The van der Waals surface area contributed by atoms with Gasteiger partial charge in [0.25, 0.3) is 0 Å². The van der Waals surface area contributed by atoms with E-state index in [0.29, 0.717) is 34.3 Å². The molecule has 8 nitrogen and oxygen atoms in total. The molecule has 11 heteroatoms. The van der Waals surface area contributed by atoms with Crippen molar-refractivity contribution >= 4 is 50.7 Å². The molecule has 2 amide bonds. The van der Waals surface area contributed by atoms with Gasteiger partial charge < -0.3 is 15.0 Å². The monoisotopic (exact) mass is 543 g/mol. The Kier molecular flexibility index (Phi) is 10.2. The Hall–Kier alpha value is -2.49. The van der Waals surface area contributed by atoms with Gasteiger partial charge in [-0.25, -0.2) is 8.42 Å². The van der Waals surface area contributed by atoms with E-state index in [0.717, 1.165) is 16.1 Å². The van der Waals surface area contributed by atoms with Crippen LogP contribution in [0, 0.1) is 6.92 Å². The van der Waals surface area contributed by atoms with Crippen LogP contribution in [0.3, 0.4) is 0 Å². The van der Waals surface area contributed by atoms with Crippen LogP contribution in [0.2, 0.25) is 10.0 Å². The normalized spacial score (nSPS) is 12.1. The van der Waals surface area contributed by atoms with Gasteiger partial charge in [-0.05, 0) is 55.7 Å². The highest BCUT2D eigenvalue weighted by atomic mass is 35.5. The van der Waals surface area contributed by atoms with Crippen LogP contribution in [-0.2, 0) is 26.2 Å². The molecular formula is C24H31Cl2N3O5S. The molecule has 0 aliphatic rings. The molecule has 0 unspecified atom stereocenters. The molecule has 0 radical (unpaired) electrons. The fourth-order valence-corrected chi connectivity index (χ4v) is 4.95. The van der Waals surface area contributed by atoms with E-state index in [4.69, 9.17) is 27.9 Å². The van der Waals surface area contributed by atoms with Gasteiger partial charge in [0, 0.05) is 23.1 Å². The van der Waals surface area contributed by atoms with Crippen molar-refractivity contribution in [3.05, 3.63) is 57.6 Å². The number of benzene rings is 2. The maximum atomic E-state index is 13.7. The minimum atomic E-state index is -3.88. The van der Waals surface area contributed by atoms with E-state index in [1.54, 1.807) is 50.2 Å². The van der Waals surface area contributed by atoms with E-state index in [2.05, 4.69) is 5.32 Å². The first-order valence-corrected chi connectivity index (χ1v) is 13.7. The minimum Gasteiger partial charge on any atom is -0.495 e. The summed E-state index contributed by atoms with van der Waals surface area (Å²) >= 11 is 12.4. The second kappa shape index (κ2) is 12.5. The first-order chi connectivity index (χ1) is 16.4. The Balaban J connectivity index is 2.54. The number of aryl methyl sites for hydroxylation is 1. The van der Waals surface area contributed by atoms with E-state index in [1.807, 2.05) is 6.92 Å². The smallest absolute Gasteiger partial charge is 0.244 e.